The number of nitrogens with zero attached hydrogens (tertiary/aromatic N) is 3. The molecule has 3 aromatic heterocycles. The van der Waals surface area contributed by atoms with E-state index in [0.717, 1.165) is 4.57 Å². The van der Waals surface area contributed by atoms with Gasteiger partial charge in [-0.2, -0.15) is 0 Å². The van der Waals surface area contributed by atoms with Gasteiger partial charge in [0.15, 0.2) is 0 Å². The van der Waals surface area contributed by atoms with E-state index in [4.69, 9.17) is 12.3 Å². The second kappa shape index (κ2) is 10.8. The molecule has 0 amide bonds. The van der Waals surface area contributed by atoms with Crippen LogP contribution in [0, 0.1) is 0 Å². The summed E-state index contributed by atoms with van der Waals surface area (Å²) in [6.45, 7) is 0. The third kappa shape index (κ3) is 4.00. The molecule has 0 bridgehead atoms. The number of hydrogen-bond acceptors (Lipinski definition) is 0. The predicted octanol–water partition coefficient (Wildman–Crippen LogP) is 12.6. The zero-order valence-corrected chi connectivity index (χ0v) is 26.2. The lowest BCUT2D eigenvalue weighted by molar-refractivity contribution is 1.13. The number of fused-ring (bicyclic) bond motifs is 9. The van der Waals surface area contributed by atoms with Crippen LogP contribution in [0.15, 0.2) is 188 Å². The maximum absolute atomic E-state index is 10.1. The fraction of sp³-hybridized carbons (Fsp3) is 0. The first-order valence-corrected chi connectivity index (χ1v) is 15.9. The summed E-state index contributed by atoms with van der Waals surface area (Å²) < 4.78 is 188. The third-order valence-corrected chi connectivity index (χ3v) is 9.15. The Hall–Kier alpha value is -6.84. The highest BCUT2D eigenvalue weighted by Crippen LogP contribution is 2.43. The van der Waals surface area contributed by atoms with Crippen LogP contribution >= 0.6 is 0 Å². The van der Waals surface area contributed by atoms with Crippen LogP contribution in [0.2, 0.25) is 0 Å². The third-order valence-electron chi connectivity index (χ3n) is 9.15. The van der Waals surface area contributed by atoms with Crippen molar-refractivity contribution in [2.24, 2.45) is 0 Å². The molecule has 3 heteroatoms. The maximum atomic E-state index is 10.1. The van der Waals surface area contributed by atoms with Gasteiger partial charge in [-0.25, -0.2) is 0 Å². The zero-order chi connectivity index (χ0) is 50.9. The minimum Gasteiger partial charge on any atom is -0.309 e. The van der Waals surface area contributed by atoms with Crippen LogP contribution in [0.4, 0.5) is 0 Å². The normalized spacial score (nSPS) is 17.4. The fourth-order valence-electron chi connectivity index (χ4n) is 7.08. The quantitative estimate of drug-likeness (QED) is 0.177. The van der Waals surface area contributed by atoms with Crippen molar-refractivity contribution in [3.63, 3.8) is 0 Å². The van der Waals surface area contributed by atoms with Gasteiger partial charge in [-0.3, -0.25) is 0 Å². The summed E-state index contributed by atoms with van der Waals surface area (Å²) in [6.07, 6.45) is 0. The number of rotatable bonds is 4. The standard InChI is InChI=1S/C48H31N3/c1-3-15-33(16-4-1)49-43-26-12-9-21-39(43)47-35(22-13-27-45(47)49)32-29-30-44-40(31-32)37-20-8-11-25-42(37)51(44)46-28-14-23-38-36-19-7-10-24-41(36)50(48(38)46)34-17-5-2-6-18-34/h1-31H/i7D,8D,9D,10D,11D,12D,13D,14D,20D,21D,22D,23D,24D,25D,26D,27D,28D,29D,30D,31D. The first-order chi connectivity index (χ1) is 33.7. The number of benzene rings is 8. The Labute approximate surface area is 322 Å². The molecular formula is C48H31N3. The lowest BCUT2D eigenvalue weighted by Crippen LogP contribution is -2.00. The highest BCUT2D eigenvalue weighted by molar-refractivity contribution is 6.18. The van der Waals surface area contributed by atoms with Gasteiger partial charge in [0.25, 0.3) is 0 Å². The van der Waals surface area contributed by atoms with Crippen molar-refractivity contribution in [1.82, 2.24) is 13.7 Å². The van der Waals surface area contributed by atoms with E-state index in [2.05, 4.69) is 0 Å². The van der Waals surface area contributed by atoms with Crippen molar-refractivity contribution in [2.75, 3.05) is 0 Å². The molecule has 3 heterocycles. The predicted molar refractivity (Wildman–Crippen MR) is 215 cm³/mol. The number of aromatic nitrogens is 3. The van der Waals surface area contributed by atoms with Crippen molar-refractivity contribution in [3.8, 4) is 28.2 Å². The van der Waals surface area contributed by atoms with E-state index in [1.807, 2.05) is 0 Å². The molecule has 0 unspecified atom stereocenters. The van der Waals surface area contributed by atoms with Gasteiger partial charge >= 0.3 is 0 Å². The summed E-state index contributed by atoms with van der Waals surface area (Å²) in [5.41, 5.74) is -2.08. The number of hydrogen-bond donors (Lipinski definition) is 0. The molecule has 0 atom stereocenters. The Balaban J connectivity index is 1.42. The van der Waals surface area contributed by atoms with Gasteiger partial charge in [0, 0.05) is 43.7 Å². The van der Waals surface area contributed by atoms with Crippen molar-refractivity contribution in [3.05, 3.63) is 188 Å². The van der Waals surface area contributed by atoms with E-state index in [-0.39, 0.29) is 55.3 Å². The molecule has 11 aromatic rings. The topological polar surface area (TPSA) is 14.8 Å². The highest BCUT2D eigenvalue weighted by atomic mass is 15.1. The molecule has 0 aliphatic carbocycles. The zero-order valence-electron chi connectivity index (χ0n) is 46.2. The Bertz CT molecular complexity index is 4270. The Kier molecular flexibility index (Phi) is 3.18. The van der Waals surface area contributed by atoms with Gasteiger partial charge in [0.1, 0.15) is 0 Å². The summed E-state index contributed by atoms with van der Waals surface area (Å²) in [5, 5.41) is -1.28. The molecule has 8 aromatic carbocycles. The molecule has 0 saturated carbocycles. The van der Waals surface area contributed by atoms with Crippen molar-refractivity contribution < 1.29 is 27.4 Å². The molecule has 0 N–H and O–H groups in total. The molecule has 0 aliphatic rings. The Morgan fingerprint density at radius 1 is 0.373 bits per heavy atom. The summed E-state index contributed by atoms with van der Waals surface area (Å²) in [4.78, 5) is 0. The van der Waals surface area contributed by atoms with Gasteiger partial charge in [-0.05, 0) is 77.7 Å². The van der Waals surface area contributed by atoms with Gasteiger partial charge in [0.05, 0.1) is 66.2 Å². The van der Waals surface area contributed by atoms with Crippen LogP contribution < -0.4 is 0 Å². The van der Waals surface area contributed by atoms with Crippen molar-refractivity contribution in [2.45, 2.75) is 0 Å². The molecule has 0 aliphatic heterocycles. The monoisotopic (exact) mass is 669 g/mol. The van der Waals surface area contributed by atoms with Gasteiger partial charge in [0.2, 0.25) is 0 Å². The second-order valence-corrected chi connectivity index (χ2v) is 11.8. The molecule has 0 radical (unpaired) electrons. The van der Waals surface area contributed by atoms with Crippen LogP contribution in [-0.2, 0) is 0 Å². The lowest BCUT2D eigenvalue weighted by Gasteiger charge is -2.14. The smallest absolute Gasteiger partial charge is 0.0782 e. The van der Waals surface area contributed by atoms with Crippen LogP contribution in [0.1, 0.15) is 27.4 Å². The number of para-hydroxylation sites is 6. The van der Waals surface area contributed by atoms with E-state index in [0.29, 0.717) is 11.4 Å². The van der Waals surface area contributed by atoms with Crippen LogP contribution in [-0.4, -0.2) is 13.7 Å². The molecule has 0 spiro atoms. The second-order valence-electron chi connectivity index (χ2n) is 11.8. The van der Waals surface area contributed by atoms with E-state index < -0.39 is 148 Å². The van der Waals surface area contributed by atoms with Crippen molar-refractivity contribution >= 4 is 65.4 Å². The van der Waals surface area contributed by atoms with Crippen LogP contribution in [0.3, 0.4) is 0 Å². The molecule has 11 rings (SSSR count). The lowest BCUT2D eigenvalue weighted by atomic mass is 9.98. The van der Waals surface area contributed by atoms with Gasteiger partial charge < -0.3 is 13.7 Å². The molecule has 0 fully saturated rings. The Morgan fingerprint density at radius 2 is 0.961 bits per heavy atom. The van der Waals surface area contributed by atoms with E-state index in [1.54, 1.807) is 60.7 Å². The van der Waals surface area contributed by atoms with E-state index in [1.165, 1.54) is 15.2 Å². The largest absolute Gasteiger partial charge is 0.309 e. The van der Waals surface area contributed by atoms with Gasteiger partial charge in [-0.15, -0.1) is 0 Å². The van der Waals surface area contributed by atoms with Crippen molar-refractivity contribution in [1.29, 1.82) is 0 Å². The molecular weight excluding hydrogens is 619 g/mol. The molecule has 51 heavy (non-hydrogen) atoms. The van der Waals surface area contributed by atoms with E-state index >= 15 is 0 Å². The minimum absolute atomic E-state index is 0.00552. The van der Waals surface area contributed by atoms with E-state index in [9.17, 15) is 15.1 Å². The molecule has 3 nitrogen and oxygen atoms in total. The summed E-state index contributed by atoms with van der Waals surface area (Å²) in [5.74, 6) is 0. The average molecular weight is 670 g/mol. The molecule has 0 saturated heterocycles. The summed E-state index contributed by atoms with van der Waals surface area (Å²) in [7, 11) is 0. The van der Waals surface area contributed by atoms with Gasteiger partial charge in [-0.1, -0.05) is 121 Å². The first-order valence-electron chi connectivity index (χ1n) is 25.9. The highest BCUT2D eigenvalue weighted by Gasteiger charge is 2.21. The summed E-state index contributed by atoms with van der Waals surface area (Å²) in [6, 6.07) is 4.61. The summed E-state index contributed by atoms with van der Waals surface area (Å²) >= 11 is 0. The average Bonchev–Trinajstić information content (AvgIpc) is 4.02. The maximum Gasteiger partial charge on any atom is 0.0782 e. The SMILES string of the molecule is [2H]c1cc2c3c([2H])c([2H])c([2H])c(-n4c5c([2H])c([2H])c([2H])c([2H])c5c5c([2H])c(-c6c([2H])c([2H])c([2H])c7c6c6c([2H])c([2H])c([2H])c([2H])c6n7-c6ccccc6)c([2H])c([2H])c54)c3n(-c3ccccc3)c2c([2H])c1[2H]. The first kappa shape index (κ1) is 15.0. The molecule has 238 valence electrons. The fourth-order valence-corrected chi connectivity index (χ4v) is 7.08. The Morgan fingerprint density at radius 3 is 1.75 bits per heavy atom. The van der Waals surface area contributed by atoms with Crippen LogP contribution in [0.25, 0.3) is 93.6 Å². The minimum atomic E-state index is -0.823. The van der Waals surface area contributed by atoms with Crippen LogP contribution in [0.5, 0.6) is 0 Å².